The van der Waals surface area contributed by atoms with E-state index in [1.807, 2.05) is 0 Å². The third kappa shape index (κ3) is 3.27. The van der Waals surface area contributed by atoms with Gasteiger partial charge in [0.15, 0.2) is 5.60 Å². The van der Waals surface area contributed by atoms with Crippen molar-refractivity contribution in [1.29, 1.82) is 0 Å². The van der Waals surface area contributed by atoms with E-state index in [1.54, 1.807) is 13.8 Å². The maximum Gasteiger partial charge on any atom is 0.335 e. The Kier molecular flexibility index (Phi) is 3.89. The summed E-state index contributed by atoms with van der Waals surface area (Å²) in [6, 6.07) is 0. The minimum atomic E-state index is -1.11. The van der Waals surface area contributed by atoms with Crippen LogP contribution in [0.25, 0.3) is 0 Å². The lowest BCUT2D eigenvalue weighted by atomic mass is 10.1. The molecule has 0 radical (unpaired) electrons. The molecule has 4 nitrogen and oxygen atoms in total. The van der Waals surface area contributed by atoms with Gasteiger partial charge in [-0.3, -0.25) is 0 Å². The van der Waals surface area contributed by atoms with Crippen molar-refractivity contribution in [3.63, 3.8) is 0 Å². The molecule has 0 amide bonds. The zero-order chi connectivity index (χ0) is 10.6. The molecule has 1 saturated heterocycles. The summed E-state index contributed by atoms with van der Waals surface area (Å²) >= 11 is 0. The third-order valence-electron chi connectivity index (χ3n) is 2.42. The highest BCUT2D eigenvalue weighted by Crippen LogP contribution is 2.16. The highest BCUT2D eigenvalue weighted by Gasteiger charge is 2.29. The first-order chi connectivity index (χ1) is 6.52. The number of carboxylic acid groups (broad SMARTS) is 1. The lowest BCUT2D eigenvalue weighted by Gasteiger charge is -2.26. The van der Waals surface area contributed by atoms with Gasteiger partial charge in [-0.2, -0.15) is 0 Å². The minimum Gasteiger partial charge on any atom is -0.479 e. The van der Waals surface area contributed by atoms with Crippen molar-refractivity contribution in [2.45, 2.75) is 44.8 Å². The number of aliphatic carboxylic acids is 1. The van der Waals surface area contributed by atoms with Crippen LogP contribution in [0.1, 0.15) is 33.1 Å². The van der Waals surface area contributed by atoms with Gasteiger partial charge in [0, 0.05) is 6.61 Å². The molecular weight excluding hydrogens is 184 g/mol. The summed E-state index contributed by atoms with van der Waals surface area (Å²) in [7, 11) is 0. The van der Waals surface area contributed by atoms with E-state index in [-0.39, 0.29) is 6.10 Å². The molecule has 1 unspecified atom stereocenters. The first kappa shape index (κ1) is 11.5. The minimum absolute atomic E-state index is 0.0716. The highest BCUT2D eigenvalue weighted by molar-refractivity contribution is 5.76. The van der Waals surface area contributed by atoms with Crippen LogP contribution in [0, 0.1) is 0 Å². The average molecular weight is 202 g/mol. The van der Waals surface area contributed by atoms with E-state index in [0.29, 0.717) is 6.61 Å². The van der Waals surface area contributed by atoms with Crippen LogP contribution in [-0.2, 0) is 14.3 Å². The van der Waals surface area contributed by atoms with Gasteiger partial charge in [0.1, 0.15) is 0 Å². The fourth-order valence-corrected chi connectivity index (χ4v) is 1.30. The molecule has 0 spiro atoms. The predicted octanol–water partition coefficient (Wildman–Crippen LogP) is 1.44. The fraction of sp³-hybridized carbons (Fsp3) is 0.900. The summed E-state index contributed by atoms with van der Waals surface area (Å²) in [5, 5.41) is 8.80. The van der Waals surface area contributed by atoms with Crippen LogP contribution < -0.4 is 0 Å². The van der Waals surface area contributed by atoms with Crippen LogP contribution in [0.4, 0.5) is 0 Å². The molecule has 1 atom stereocenters. The largest absolute Gasteiger partial charge is 0.479 e. The quantitative estimate of drug-likeness (QED) is 0.749. The Morgan fingerprint density at radius 1 is 1.57 bits per heavy atom. The van der Waals surface area contributed by atoms with Gasteiger partial charge in [0.25, 0.3) is 0 Å². The van der Waals surface area contributed by atoms with Crippen molar-refractivity contribution in [2.24, 2.45) is 0 Å². The Labute approximate surface area is 84.2 Å². The Morgan fingerprint density at radius 3 is 2.79 bits per heavy atom. The smallest absolute Gasteiger partial charge is 0.335 e. The molecule has 1 aliphatic heterocycles. The van der Waals surface area contributed by atoms with Gasteiger partial charge in [0.2, 0.25) is 0 Å². The number of hydrogen-bond donors (Lipinski definition) is 1. The van der Waals surface area contributed by atoms with Gasteiger partial charge < -0.3 is 14.6 Å². The van der Waals surface area contributed by atoms with Gasteiger partial charge in [-0.1, -0.05) is 0 Å². The van der Waals surface area contributed by atoms with E-state index in [1.165, 1.54) is 0 Å². The molecule has 1 heterocycles. The lowest BCUT2D eigenvalue weighted by molar-refractivity contribution is -0.167. The Bertz CT molecular complexity index is 194. The van der Waals surface area contributed by atoms with Gasteiger partial charge in [0.05, 0.1) is 12.7 Å². The molecule has 0 aromatic carbocycles. The Balaban J connectivity index is 2.28. The molecule has 4 heteroatoms. The lowest BCUT2D eigenvalue weighted by Crippen LogP contribution is -2.38. The molecule has 14 heavy (non-hydrogen) atoms. The van der Waals surface area contributed by atoms with Crippen molar-refractivity contribution >= 4 is 5.97 Å². The molecule has 1 aliphatic rings. The van der Waals surface area contributed by atoms with Crippen LogP contribution in [0.15, 0.2) is 0 Å². The van der Waals surface area contributed by atoms with Crippen LogP contribution in [0.5, 0.6) is 0 Å². The van der Waals surface area contributed by atoms with Crippen molar-refractivity contribution in [3.8, 4) is 0 Å². The van der Waals surface area contributed by atoms with Crippen molar-refractivity contribution < 1.29 is 19.4 Å². The predicted molar refractivity (Wildman–Crippen MR) is 51.3 cm³/mol. The first-order valence-electron chi connectivity index (χ1n) is 5.01. The van der Waals surface area contributed by atoms with Gasteiger partial charge in [-0.05, 0) is 33.1 Å². The summed E-state index contributed by atoms with van der Waals surface area (Å²) < 4.78 is 10.7. The molecule has 82 valence electrons. The summed E-state index contributed by atoms with van der Waals surface area (Å²) in [5.41, 5.74) is -1.11. The van der Waals surface area contributed by atoms with E-state index in [9.17, 15) is 4.79 Å². The molecular formula is C10H18O4. The molecule has 1 rings (SSSR count). The van der Waals surface area contributed by atoms with Gasteiger partial charge >= 0.3 is 5.97 Å². The van der Waals surface area contributed by atoms with Crippen LogP contribution >= 0.6 is 0 Å². The van der Waals surface area contributed by atoms with Crippen LogP contribution in [0.2, 0.25) is 0 Å². The van der Waals surface area contributed by atoms with E-state index in [4.69, 9.17) is 14.6 Å². The van der Waals surface area contributed by atoms with E-state index >= 15 is 0 Å². The van der Waals surface area contributed by atoms with Crippen molar-refractivity contribution in [1.82, 2.24) is 0 Å². The maximum absolute atomic E-state index is 10.7. The van der Waals surface area contributed by atoms with E-state index in [0.717, 1.165) is 25.9 Å². The molecule has 0 aromatic rings. The number of carbonyl (C=O) groups is 1. The zero-order valence-corrected chi connectivity index (χ0v) is 8.78. The van der Waals surface area contributed by atoms with Gasteiger partial charge in [-0.15, -0.1) is 0 Å². The second-order valence-electron chi connectivity index (χ2n) is 4.12. The monoisotopic (exact) mass is 202 g/mol. The third-order valence-corrected chi connectivity index (χ3v) is 2.42. The first-order valence-corrected chi connectivity index (χ1v) is 5.01. The summed E-state index contributed by atoms with van der Waals surface area (Å²) in [6.45, 7) is 4.25. The summed E-state index contributed by atoms with van der Waals surface area (Å²) in [5.74, 6) is -0.937. The Morgan fingerprint density at radius 2 is 2.29 bits per heavy atom. The summed E-state index contributed by atoms with van der Waals surface area (Å²) in [4.78, 5) is 10.7. The summed E-state index contributed by atoms with van der Waals surface area (Å²) in [6.07, 6.45) is 3.28. The number of ether oxygens (including phenoxy) is 2. The second kappa shape index (κ2) is 4.75. The standard InChI is InChI=1S/C10H18O4/c1-10(2,9(11)12)14-7-8-5-3-4-6-13-8/h8H,3-7H2,1-2H3,(H,11,12). The maximum atomic E-state index is 10.7. The number of hydrogen-bond acceptors (Lipinski definition) is 3. The number of carboxylic acids is 1. The zero-order valence-electron chi connectivity index (χ0n) is 8.78. The molecule has 1 N–H and O–H groups in total. The molecule has 1 fully saturated rings. The van der Waals surface area contributed by atoms with E-state index in [2.05, 4.69) is 0 Å². The van der Waals surface area contributed by atoms with Crippen LogP contribution in [-0.4, -0.2) is 36.0 Å². The average Bonchev–Trinajstić information content (AvgIpc) is 2.16. The fourth-order valence-electron chi connectivity index (χ4n) is 1.30. The highest BCUT2D eigenvalue weighted by atomic mass is 16.6. The second-order valence-corrected chi connectivity index (χ2v) is 4.12. The number of rotatable bonds is 4. The molecule has 0 aliphatic carbocycles. The Hall–Kier alpha value is -0.610. The molecule has 0 aromatic heterocycles. The topological polar surface area (TPSA) is 55.8 Å². The normalized spacial score (nSPS) is 23.4. The van der Waals surface area contributed by atoms with E-state index < -0.39 is 11.6 Å². The molecule has 0 bridgehead atoms. The van der Waals surface area contributed by atoms with Crippen molar-refractivity contribution in [2.75, 3.05) is 13.2 Å². The van der Waals surface area contributed by atoms with Crippen LogP contribution in [0.3, 0.4) is 0 Å². The molecule has 0 saturated carbocycles. The SMILES string of the molecule is CC(C)(OCC1CCCCO1)C(=O)O. The van der Waals surface area contributed by atoms with Gasteiger partial charge in [-0.25, -0.2) is 4.79 Å². The van der Waals surface area contributed by atoms with Crippen molar-refractivity contribution in [3.05, 3.63) is 0 Å².